The molecule has 4 heteroatoms. The quantitative estimate of drug-likeness (QED) is 0.859. The van der Waals surface area contributed by atoms with Gasteiger partial charge >= 0.3 is 0 Å². The van der Waals surface area contributed by atoms with Crippen LogP contribution in [0.1, 0.15) is 82.3 Å². The second-order valence-electron chi connectivity index (χ2n) is 6.56. The molecule has 1 atom stereocenters. The Balaban J connectivity index is 1.77. The number of nitrogens with zero attached hydrogens (tertiary/aromatic N) is 2. The minimum atomic E-state index is 0.0776. The van der Waals surface area contributed by atoms with Crippen LogP contribution < -0.4 is 5.32 Å². The van der Waals surface area contributed by atoms with Gasteiger partial charge in [-0.25, -0.2) is 0 Å². The summed E-state index contributed by atoms with van der Waals surface area (Å²) in [4.78, 5) is 4.82. The fourth-order valence-electron chi connectivity index (χ4n) is 3.76. The van der Waals surface area contributed by atoms with Gasteiger partial charge in [-0.05, 0) is 38.6 Å². The molecule has 2 fully saturated rings. The highest BCUT2D eigenvalue weighted by Gasteiger charge is 2.38. The van der Waals surface area contributed by atoms with Gasteiger partial charge in [-0.15, -0.1) is 0 Å². The van der Waals surface area contributed by atoms with Crippen LogP contribution in [0.5, 0.6) is 0 Å². The highest BCUT2D eigenvalue weighted by molar-refractivity contribution is 5.09. The zero-order valence-electron chi connectivity index (χ0n) is 12.7. The molecule has 1 saturated heterocycles. The fourth-order valence-corrected chi connectivity index (χ4v) is 3.76. The minimum absolute atomic E-state index is 0.0776. The molecule has 4 nitrogen and oxygen atoms in total. The van der Waals surface area contributed by atoms with Crippen LogP contribution in [0.4, 0.5) is 0 Å². The maximum absolute atomic E-state index is 5.69. The first-order valence-corrected chi connectivity index (χ1v) is 8.39. The zero-order valence-corrected chi connectivity index (χ0v) is 12.7. The van der Waals surface area contributed by atoms with Crippen molar-refractivity contribution >= 4 is 0 Å². The number of hydrogen-bond acceptors (Lipinski definition) is 4. The van der Waals surface area contributed by atoms with E-state index in [4.69, 9.17) is 9.51 Å². The lowest BCUT2D eigenvalue weighted by atomic mass is 9.78. The lowest BCUT2D eigenvalue weighted by Gasteiger charge is -2.33. The predicted molar refractivity (Wildman–Crippen MR) is 78.8 cm³/mol. The molecule has 1 aromatic heterocycles. The monoisotopic (exact) mass is 277 g/mol. The van der Waals surface area contributed by atoms with E-state index in [-0.39, 0.29) is 5.41 Å². The maximum atomic E-state index is 5.69. The molecule has 0 aromatic carbocycles. The van der Waals surface area contributed by atoms with Crippen LogP contribution in [0.15, 0.2) is 4.52 Å². The van der Waals surface area contributed by atoms with Gasteiger partial charge in [0.2, 0.25) is 5.89 Å². The van der Waals surface area contributed by atoms with Gasteiger partial charge in [0.05, 0.1) is 5.41 Å². The van der Waals surface area contributed by atoms with Gasteiger partial charge in [-0.2, -0.15) is 4.98 Å². The van der Waals surface area contributed by atoms with Crippen LogP contribution in [0.25, 0.3) is 0 Å². The predicted octanol–water partition coefficient (Wildman–Crippen LogP) is 3.54. The lowest BCUT2D eigenvalue weighted by molar-refractivity contribution is 0.220. The van der Waals surface area contributed by atoms with Crippen LogP contribution >= 0.6 is 0 Å². The summed E-state index contributed by atoms with van der Waals surface area (Å²) in [5.41, 5.74) is 0.0776. The van der Waals surface area contributed by atoms with E-state index in [1.807, 2.05) is 0 Å². The molecule has 1 saturated carbocycles. The molecular weight excluding hydrogens is 250 g/mol. The Hall–Kier alpha value is -0.900. The minimum Gasteiger partial charge on any atom is -0.339 e. The normalized spacial score (nSPS) is 29.2. The smallest absolute Gasteiger partial charge is 0.234 e. The van der Waals surface area contributed by atoms with Crippen LogP contribution in [-0.4, -0.2) is 23.2 Å². The summed E-state index contributed by atoms with van der Waals surface area (Å²) in [5, 5.41) is 7.83. The number of rotatable bonds is 3. The van der Waals surface area contributed by atoms with E-state index < -0.39 is 0 Å². The molecule has 1 aromatic rings. The molecule has 0 spiro atoms. The van der Waals surface area contributed by atoms with Crippen molar-refractivity contribution in [3.63, 3.8) is 0 Å². The first-order valence-electron chi connectivity index (χ1n) is 8.39. The summed E-state index contributed by atoms with van der Waals surface area (Å²) >= 11 is 0. The second-order valence-corrected chi connectivity index (χ2v) is 6.56. The zero-order chi connectivity index (χ0) is 13.8. The van der Waals surface area contributed by atoms with Crippen molar-refractivity contribution in [2.45, 2.75) is 76.0 Å². The molecule has 2 heterocycles. The van der Waals surface area contributed by atoms with Crippen LogP contribution in [0.2, 0.25) is 0 Å². The van der Waals surface area contributed by atoms with Crippen molar-refractivity contribution in [2.75, 3.05) is 13.1 Å². The van der Waals surface area contributed by atoms with E-state index in [1.54, 1.807) is 0 Å². The van der Waals surface area contributed by atoms with E-state index in [0.29, 0.717) is 5.92 Å². The Morgan fingerprint density at radius 3 is 2.65 bits per heavy atom. The van der Waals surface area contributed by atoms with Crippen LogP contribution in [-0.2, 0) is 5.41 Å². The third-order valence-electron chi connectivity index (χ3n) is 5.26. The van der Waals surface area contributed by atoms with Gasteiger partial charge < -0.3 is 9.84 Å². The van der Waals surface area contributed by atoms with E-state index in [1.165, 1.54) is 51.4 Å². The van der Waals surface area contributed by atoms with Crippen molar-refractivity contribution in [3.05, 3.63) is 11.7 Å². The van der Waals surface area contributed by atoms with Crippen molar-refractivity contribution in [1.82, 2.24) is 15.5 Å². The van der Waals surface area contributed by atoms with Crippen molar-refractivity contribution in [3.8, 4) is 0 Å². The molecule has 0 radical (unpaired) electrons. The van der Waals surface area contributed by atoms with Crippen LogP contribution in [0.3, 0.4) is 0 Å². The summed E-state index contributed by atoms with van der Waals surface area (Å²) in [6.45, 7) is 4.34. The Kier molecular flexibility index (Phi) is 4.39. The average molecular weight is 277 g/mol. The van der Waals surface area contributed by atoms with E-state index >= 15 is 0 Å². The Morgan fingerprint density at radius 1 is 1.20 bits per heavy atom. The number of piperidine rings is 1. The molecular formula is C16H27N3O. The third-order valence-corrected chi connectivity index (χ3v) is 5.26. The molecule has 1 N–H and O–H groups in total. The average Bonchev–Trinajstić information content (AvgIpc) is 2.85. The molecule has 3 rings (SSSR count). The number of hydrogen-bond donors (Lipinski definition) is 1. The summed E-state index contributed by atoms with van der Waals surface area (Å²) in [5.74, 6) is 2.38. The summed E-state index contributed by atoms with van der Waals surface area (Å²) in [6.07, 6.45) is 11.3. The summed E-state index contributed by atoms with van der Waals surface area (Å²) in [7, 11) is 0. The van der Waals surface area contributed by atoms with Crippen LogP contribution in [0, 0.1) is 0 Å². The molecule has 1 aliphatic carbocycles. The topological polar surface area (TPSA) is 51.0 Å². The highest BCUT2D eigenvalue weighted by Crippen LogP contribution is 2.36. The van der Waals surface area contributed by atoms with Gasteiger partial charge in [0.25, 0.3) is 0 Å². The van der Waals surface area contributed by atoms with Gasteiger partial charge in [0.1, 0.15) is 0 Å². The van der Waals surface area contributed by atoms with E-state index in [2.05, 4.69) is 17.4 Å². The van der Waals surface area contributed by atoms with Gasteiger partial charge in [-0.3, -0.25) is 0 Å². The molecule has 0 bridgehead atoms. The fraction of sp³-hybridized carbons (Fsp3) is 0.875. The Morgan fingerprint density at radius 2 is 2.00 bits per heavy atom. The van der Waals surface area contributed by atoms with Crippen molar-refractivity contribution in [1.29, 1.82) is 0 Å². The summed E-state index contributed by atoms with van der Waals surface area (Å²) in [6, 6.07) is 0. The lowest BCUT2D eigenvalue weighted by Crippen LogP contribution is -2.43. The number of nitrogens with one attached hydrogen (secondary N) is 1. The van der Waals surface area contributed by atoms with E-state index in [0.717, 1.165) is 31.2 Å². The largest absolute Gasteiger partial charge is 0.339 e. The molecule has 1 unspecified atom stereocenters. The van der Waals surface area contributed by atoms with E-state index in [9.17, 15) is 0 Å². The number of aromatic nitrogens is 2. The molecule has 2 aliphatic rings. The first kappa shape index (κ1) is 14.1. The summed E-state index contributed by atoms with van der Waals surface area (Å²) < 4.78 is 5.69. The molecule has 0 amide bonds. The van der Waals surface area contributed by atoms with Gasteiger partial charge in [-0.1, -0.05) is 37.8 Å². The standard InChI is InChI=1S/C16H27N3O/c1-2-16(10-7-11-17-12-16)15-18-14(19-20-15)13-8-5-3-4-6-9-13/h13,17H,2-12H2,1H3. The van der Waals surface area contributed by atoms with Crippen molar-refractivity contribution in [2.24, 2.45) is 0 Å². The molecule has 20 heavy (non-hydrogen) atoms. The second kappa shape index (κ2) is 6.25. The maximum Gasteiger partial charge on any atom is 0.234 e. The Labute approximate surface area is 121 Å². The molecule has 112 valence electrons. The molecule has 1 aliphatic heterocycles. The van der Waals surface area contributed by atoms with Crippen molar-refractivity contribution < 1.29 is 4.52 Å². The van der Waals surface area contributed by atoms with Gasteiger partial charge in [0.15, 0.2) is 5.82 Å². The third kappa shape index (κ3) is 2.76. The first-order chi connectivity index (χ1) is 9.84. The highest BCUT2D eigenvalue weighted by atomic mass is 16.5. The Bertz CT molecular complexity index is 415. The SMILES string of the molecule is CCC1(c2nc(C3CCCCCC3)no2)CCCNC1. The van der Waals surface area contributed by atoms with Gasteiger partial charge in [0, 0.05) is 12.5 Å².